The zero-order valence-corrected chi connectivity index (χ0v) is 10.3. The van der Waals surface area contributed by atoms with Crippen molar-refractivity contribution in [2.45, 2.75) is 13.8 Å². The number of nitrogens with one attached hydrogen (secondary N) is 1. The van der Waals surface area contributed by atoms with Crippen molar-refractivity contribution in [2.24, 2.45) is 0 Å². The number of amides is 1. The summed E-state index contributed by atoms with van der Waals surface area (Å²) in [6.45, 7) is 4.13. The first-order valence-electron chi connectivity index (χ1n) is 5.66. The van der Waals surface area contributed by atoms with Crippen LogP contribution in [-0.4, -0.2) is 17.5 Å². The second-order valence-corrected chi connectivity index (χ2v) is 3.65. The minimum absolute atomic E-state index is 0.263. The van der Waals surface area contributed by atoms with Gasteiger partial charge in [0.2, 0.25) is 5.88 Å². The van der Waals surface area contributed by atoms with Crippen LogP contribution in [0.2, 0.25) is 0 Å². The number of aromatic nitrogens is 1. The maximum absolute atomic E-state index is 11.9. The van der Waals surface area contributed by atoms with Gasteiger partial charge in [0.1, 0.15) is 11.4 Å². The highest BCUT2D eigenvalue weighted by Crippen LogP contribution is 2.21. The van der Waals surface area contributed by atoms with Gasteiger partial charge in [0.15, 0.2) is 5.76 Å². The van der Waals surface area contributed by atoms with Gasteiger partial charge >= 0.3 is 0 Å². The van der Waals surface area contributed by atoms with Crippen LogP contribution < -0.4 is 10.1 Å². The number of ether oxygens (including phenoxy) is 1. The van der Waals surface area contributed by atoms with E-state index in [-0.39, 0.29) is 11.7 Å². The van der Waals surface area contributed by atoms with Gasteiger partial charge in [0.25, 0.3) is 5.91 Å². The van der Waals surface area contributed by atoms with Crippen molar-refractivity contribution in [2.75, 3.05) is 11.9 Å². The lowest BCUT2D eigenvalue weighted by Gasteiger charge is -2.08. The predicted octanol–water partition coefficient (Wildman–Crippen LogP) is 2.63. The Labute approximate surface area is 105 Å². The number of anilines is 1. The molecule has 2 aromatic rings. The number of hydrogen-bond donors (Lipinski definition) is 1. The van der Waals surface area contributed by atoms with Gasteiger partial charge in [0.05, 0.1) is 6.61 Å². The third-order valence-corrected chi connectivity index (χ3v) is 2.26. The maximum Gasteiger partial charge on any atom is 0.291 e. The quantitative estimate of drug-likeness (QED) is 0.900. The lowest BCUT2D eigenvalue weighted by Crippen LogP contribution is -2.12. The van der Waals surface area contributed by atoms with Gasteiger partial charge in [-0.25, -0.2) is 4.98 Å². The van der Waals surface area contributed by atoms with E-state index in [1.807, 2.05) is 6.92 Å². The Kier molecular flexibility index (Phi) is 3.62. The molecule has 0 atom stereocenters. The largest absolute Gasteiger partial charge is 0.476 e. The van der Waals surface area contributed by atoms with Crippen molar-refractivity contribution in [3.8, 4) is 5.88 Å². The minimum Gasteiger partial charge on any atom is -0.476 e. The zero-order valence-electron chi connectivity index (χ0n) is 10.3. The molecule has 0 aromatic carbocycles. The molecule has 0 aliphatic carbocycles. The lowest BCUT2D eigenvalue weighted by molar-refractivity contribution is 0.0995. The van der Waals surface area contributed by atoms with Gasteiger partial charge in [0, 0.05) is 6.20 Å². The van der Waals surface area contributed by atoms with E-state index in [0.717, 1.165) is 0 Å². The molecule has 2 heterocycles. The molecule has 0 fully saturated rings. The summed E-state index contributed by atoms with van der Waals surface area (Å²) in [5.41, 5.74) is 0.526. The van der Waals surface area contributed by atoms with Crippen molar-refractivity contribution < 1.29 is 13.9 Å². The van der Waals surface area contributed by atoms with Crippen molar-refractivity contribution >= 4 is 11.6 Å². The Bertz CT molecular complexity index is 549. The number of carbonyl (C=O) groups excluding carboxylic acids is 1. The topological polar surface area (TPSA) is 64.4 Å². The average Bonchev–Trinajstić information content (AvgIpc) is 2.79. The van der Waals surface area contributed by atoms with E-state index in [1.54, 1.807) is 37.4 Å². The predicted molar refractivity (Wildman–Crippen MR) is 66.8 cm³/mol. The van der Waals surface area contributed by atoms with Gasteiger partial charge < -0.3 is 14.5 Å². The standard InChI is InChI=1S/C13H14N2O3/c1-3-17-13-10(5-4-8-14-13)15-12(16)11-7-6-9(2)18-11/h4-8H,3H2,1-2H3,(H,15,16). The molecule has 0 saturated heterocycles. The Morgan fingerprint density at radius 2 is 2.28 bits per heavy atom. The molecule has 1 N–H and O–H groups in total. The van der Waals surface area contributed by atoms with E-state index in [2.05, 4.69) is 10.3 Å². The monoisotopic (exact) mass is 246 g/mol. The first-order chi connectivity index (χ1) is 8.70. The molecule has 2 aromatic heterocycles. The van der Waals surface area contributed by atoms with Gasteiger partial charge in [-0.1, -0.05) is 0 Å². The fourth-order valence-corrected chi connectivity index (χ4v) is 1.48. The van der Waals surface area contributed by atoms with Crippen LogP contribution in [0.4, 0.5) is 5.69 Å². The Morgan fingerprint density at radius 3 is 2.94 bits per heavy atom. The summed E-state index contributed by atoms with van der Waals surface area (Å²) in [5.74, 6) is 1.03. The summed E-state index contributed by atoms with van der Waals surface area (Å²) in [6.07, 6.45) is 1.61. The first kappa shape index (κ1) is 12.2. The van der Waals surface area contributed by atoms with Gasteiger partial charge in [-0.05, 0) is 38.1 Å². The molecule has 0 saturated carbocycles. The highest BCUT2D eigenvalue weighted by molar-refractivity contribution is 6.02. The highest BCUT2D eigenvalue weighted by atomic mass is 16.5. The van der Waals surface area contributed by atoms with E-state index in [9.17, 15) is 4.79 Å². The van der Waals surface area contributed by atoms with Crippen LogP contribution in [0.15, 0.2) is 34.9 Å². The second-order valence-electron chi connectivity index (χ2n) is 3.65. The fraction of sp³-hybridized carbons (Fsp3) is 0.231. The van der Waals surface area contributed by atoms with Crippen molar-refractivity contribution in [3.63, 3.8) is 0 Å². The third kappa shape index (κ3) is 2.68. The summed E-state index contributed by atoms with van der Waals surface area (Å²) in [5, 5.41) is 2.70. The molecule has 5 heteroatoms. The normalized spacial score (nSPS) is 10.1. The highest BCUT2D eigenvalue weighted by Gasteiger charge is 2.13. The molecule has 5 nitrogen and oxygen atoms in total. The average molecular weight is 246 g/mol. The number of hydrogen-bond acceptors (Lipinski definition) is 4. The maximum atomic E-state index is 11.9. The SMILES string of the molecule is CCOc1ncccc1NC(=O)c1ccc(C)o1. The van der Waals surface area contributed by atoms with E-state index in [1.165, 1.54) is 0 Å². The molecule has 18 heavy (non-hydrogen) atoms. The van der Waals surface area contributed by atoms with E-state index in [0.29, 0.717) is 23.9 Å². The molecular formula is C13H14N2O3. The van der Waals surface area contributed by atoms with Crippen LogP contribution in [0.25, 0.3) is 0 Å². The molecule has 2 rings (SSSR count). The number of carbonyl (C=O) groups is 1. The number of pyridine rings is 1. The minimum atomic E-state index is -0.322. The first-order valence-corrected chi connectivity index (χ1v) is 5.66. The van der Waals surface area contributed by atoms with Crippen molar-refractivity contribution in [3.05, 3.63) is 42.0 Å². The van der Waals surface area contributed by atoms with E-state index in [4.69, 9.17) is 9.15 Å². The molecule has 94 valence electrons. The Balaban J connectivity index is 2.16. The lowest BCUT2D eigenvalue weighted by atomic mass is 10.3. The molecule has 0 aliphatic rings. The summed E-state index contributed by atoms with van der Waals surface area (Å²) in [4.78, 5) is 15.9. The summed E-state index contributed by atoms with van der Waals surface area (Å²) in [7, 11) is 0. The smallest absolute Gasteiger partial charge is 0.291 e. The second kappa shape index (κ2) is 5.35. The van der Waals surface area contributed by atoms with Crippen LogP contribution in [-0.2, 0) is 0 Å². The number of rotatable bonds is 4. The third-order valence-electron chi connectivity index (χ3n) is 2.26. The zero-order chi connectivity index (χ0) is 13.0. The van der Waals surface area contributed by atoms with Crippen molar-refractivity contribution in [1.82, 2.24) is 4.98 Å². The number of nitrogens with zero attached hydrogens (tertiary/aromatic N) is 1. The molecule has 0 unspecified atom stereocenters. The summed E-state index contributed by atoms with van der Waals surface area (Å²) < 4.78 is 10.6. The van der Waals surface area contributed by atoms with Crippen LogP contribution in [0.1, 0.15) is 23.2 Å². The molecular weight excluding hydrogens is 232 g/mol. The van der Waals surface area contributed by atoms with E-state index >= 15 is 0 Å². The molecule has 1 amide bonds. The van der Waals surface area contributed by atoms with E-state index < -0.39 is 0 Å². The Hall–Kier alpha value is -2.30. The Morgan fingerprint density at radius 1 is 1.44 bits per heavy atom. The van der Waals surface area contributed by atoms with Crippen LogP contribution in [0.3, 0.4) is 0 Å². The van der Waals surface area contributed by atoms with Crippen LogP contribution in [0.5, 0.6) is 5.88 Å². The van der Waals surface area contributed by atoms with Crippen LogP contribution >= 0.6 is 0 Å². The van der Waals surface area contributed by atoms with Crippen molar-refractivity contribution in [1.29, 1.82) is 0 Å². The number of furan rings is 1. The van der Waals surface area contributed by atoms with Gasteiger partial charge in [-0.15, -0.1) is 0 Å². The summed E-state index contributed by atoms with van der Waals surface area (Å²) in [6, 6.07) is 6.82. The van der Waals surface area contributed by atoms with Gasteiger partial charge in [-0.2, -0.15) is 0 Å². The number of aryl methyl sites for hydroxylation is 1. The molecule has 0 bridgehead atoms. The molecule has 0 aliphatic heterocycles. The molecule has 0 spiro atoms. The van der Waals surface area contributed by atoms with Crippen LogP contribution in [0, 0.1) is 6.92 Å². The fourth-order valence-electron chi connectivity index (χ4n) is 1.48. The van der Waals surface area contributed by atoms with Gasteiger partial charge in [-0.3, -0.25) is 4.79 Å². The molecule has 0 radical (unpaired) electrons. The summed E-state index contributed by atoms with van der Waals surface area (Å²) >= 11 is 0.